The molecule has 0 aliphatic rings. The van der Waals surface area contributed by atoms with Crippen molar-refractivity contribution in [3.05, 3.63) is 35.0 Å². The highest BCUT2D eigenvalue weighted by Crippen LogP contribution is 2.08. The fourth-order valence-electron chi connectivity index (χ4n) is 5.17. The molecule has 1 rings (SSSR count). The molecule has 0 atom stereocenters. The Kier molecular flexibility index (Phi) is 36.4. The van der Waals surface area contributed by atoms with Crippen molar-refractivity contribution in [2.24, 2.45) is 10.9 Å². The maximum absolute atomic E-state index is 11.5. The number of rotatable bonds is 32. The average molecular weight is 751 g/mol. The summed E-state index contributed by atoms with van der Waals surface area (Å²) >= 11 is 4.82. The molecule has 0 fully saturated rings. The van der Waals surface area contributed by atoms with E-state index in [-0.39, 0.29) is 16.9 Å². The number of amides is 4. The van der Waals surface area contributed by atoms with Gasteiger partial charge in [-0.15, -0.1) is 0 Å². The van der Waals surface area contributed by atoms with Crippen molar-refractivity contribution < 1.29 is 19.3 Å². The first-order valence-electron chi connectivity index (χ1n) is 20.3. The second kappa shape index (κ2) is 38.9. The Morgan fingerprint density at radius 3 is 1.48 bits per heavy atom. The number of carbonyl (C=O) groups excluding carboxylic acids is 2. The minimum absolute atomic E-state index is 0.0346. The van der Waals surface area contributed by atoms with E-state index in [0.717, 1.165) is 122 Å². The molecule has 1 aromatic heterocycles. The van der Waals surface area contributed by atoms with Crippen LogP contribution in [0.1, 0.15) is 167 Å². The van der Waals surface area contributed by atoms with Crippen LogP contribution < -0.4 is 27.0 Å². The zero-order valence-corrected chi connectivity index (χ0v) is 33.5. The summed E-state index contributed by atoms with van der Waals surface area (Å²) in [6.07, 6.45) is 35.3. The SMILES string of the molecule is CCCCCNC(=O)NCCCC/C=C\CCCCCC/C(N)=N/O.CCCCCNC(=O)NCCCC/C=C\CCCCCCc1nc(=S)o[nH]1. The van der Waals surface area contributed by atoms with Crippen LogP contribution in [0.4, 0.5) is 9.59 Å². The Balaban J connectivity index is 0.00000100. The number of oxime groups is 1. The van der Waals surface area contributed by atoms with Gasteiger partial charge in [-0.05, 0) is 102 Å². The van der Waals surface area contributed by atoms with Crippen molar-refractivity contribution >= 4 is 30.1 Å². The van der Waals surface area contributed by atoms with Gasteiger partial charge in [-0.25, -0.2) is 14.7 Å². The summed E-state index contributed by atoms with van der Waals surface area (Å²) in [7, 11) is 0. The van der Waals surface area contributed by atoms with Crippen LogP contribution in [0.5, 0.6) is 0 Å². The molecular weight excluding hydrogens is 677 g/mol. The standard InChI is InChI=1S/C20H36N4O2S.C19H38N4O2/c1-2-3-13-16-21-19(25)22-17-14-11-9-7-5-4-6-8-10-12-15-18-23-20(27)26-24-18;1-2-3-13-16-21-19(24)22-17-14-11-9-7-5-4-6-8-10-12-15-18(20)23-25/h5,7H,2-4,6,8-17H2,1H3,(H2,21,22,25)(H,23,24,27);5,7,25H,2-4,6,8-17H2,1H3,(H2,20,23)(H2,21,22,24)/b2*7-5-. The predicted octanol–water partition coefficient (Wildman–Crippen LogP) is 9.73. The molecule has 0 bridgehead atoms. The molecule has 0 aliphatic heterocycles. The molecule has 52 heavy (non-hydrogen) atoms. The summed E-state index contributed by atoms with van der Waals surface area (Å²) in [6.45, 7) is 7.35. The van der Waals surface area contributed by atoms with Crippen LogP contribution in [-0.4, -0.2) is 59.4 Å². The van der Waals surface area contributed by atoms with Gasteiger partial charge in [0.1, 0.15) is 11.7 Å². The quantitative estimate of drug-likeness (QED) is 0.00727. The fourth-order valence-corrected chi connectivity index (χ4v) is 5.33. The maximum atomic E-state index is 11.5. The third-order valence-corrected chi connectivity index (χ3v) is 8.50. The normalized spacial score (nSPS) is 11.5. The lowest BCUT2D eigenvalue weighted by molar-refractivity contribution is 0.239. The van der Waals surface area contributed by atoms with E-state index < -0.39 is 0 Å². The lowest BCUT2D eigenvalue weighted by Gasteiger charge is -2.06. The Morgan fingerprint density at radius 1 is 0.673 bits per heavy atom. The minimum atomic E-state index is -0.0429. The van der Waals surface area contributed by atoms with Crippen molar-refractivity contribution in [3.63, 3.8) is 0 Å². The number of allylic oxidation sites excluding steroid dienone is 4. The lowest BCUT2D eigenvalue weighted by atomic mass is 10.1. The summed E-state index contributed by atoms with van der Waals surface area (Å²) in [5.74, 6) is 1.17. The van der Waals surface area contributed by atoms with Crippen molar-refractivity contribution in [3.8, 4) is 0 Å². The lowest BCUT2D eigenvalue weighted by Crippen LogP contribution is -2.36. The molecule has 300 valence electrons. The Labute approximate surface area is 320 Å². The zero-order chi connectivity index (χ0) is 38.2. The van der Waals surface area contributed by atoms with Crippen LogP contribution in [-0.2, 0) is 6.42 Å². The number of amidine groups is 1. The van der Waals surface area contributed by atoms with Crippen molar-refractivity contribution in [2.45, 2.75) is 168 Å². The highest BCUT2D eigenvalue weighted by molar-refractivity contribution is 7.71. The summed E-state index contributed by atoms with van der Waals surface area (Å²) in [4.78, 5) is 27.4. The van der Waals surface area contributed by atoms with Crippen LogP contribution in [0.2, 0.25) is 0 Å². The van der Waals surface area contributed by atoms with E-state index in [0.29, 0.717) is 12.3 Å². The largest absolute Gasteiger partial charge is 0.409 e. The topological polar surface area (TPSA) is 183 Å². The third kappa shape index (κ3) is 36.4. The highest BCUT2D eigenvalue weighted by atomic mass is 32.1. The number of unbranched alkanes of at least 4 members (excludes halogenated alkanes) is 16. The number of aromatic nitrogens is 2. The molecule has 0 aliphatic carbocycles. The molecule has 4 amide bonds. The van der Waals surface area contributed by atoms with Gasteiger partial charge in [-0.2, -0.15) is 4.98 Å². The third-order valence-electron chi connectivity index (χ3n) is 8.33. The molecule has 13 heteroatoms. The van der Waals surface area contributed by atoms with Crippen molar-refractivity contribution in [1.82, 2.24) is 31.4 Å². The number of urea groups is 2. The first-order valence-corrected chi connectivity index (χ1v) is 20.7. The maximum Gasteiger partial charge on any atom is 0.314 e. The van der Waals surface area contributed by atoms with Gasteiger partial charge in [0.15, 0.2) is 0 Å². The number of nitrogens with two attached hydrogens (primary N) is 1. The number of nitrogens with zero attached hydrogens (tertiary/aromatic N) is 2. The Morgan fingerprint density at radius 2 is 1.08 bits per heavy atom. The van der Waals surface area contributed by atoms with Gasteiger partial charge in [-0.3, -0.25) is 0 Å². The number of hydrogen-bond donors (Lipinski definition) is 7. The highest BCUT2D eigenvalue weighted by Gasteiger charge is 2.00. The molecule has 1 heterocycles. The fraction of sp³-hybridized carbons (Fsp3) is 0.769. The number of hydrogen-bond acceptors (Lipinski definition) is 7. The molecule has 1 aromatic rings. The van der Waals surface area contributed by atoms with Gasteiger partial charge in [0.25, 0.3) is 0 Å². The van der Waals surface area contributed by atoms with E-state index in [1.165, 1.54) is 57.8 Å². The number of aromatic amines is 1. The van der Waals surface area contributed by atoms with E-state index in [2.05, 4.69) is 74.7 Å². The van der Waals surface area contributed by atoms with Crippen LogP contribution >= 0.6 is 12.2 Å². The number of H-pyrrole nitrogens is 1. The Bertz CT molecular complexity index is 1110. The summed E-state index contributed by atoms with van der Waals surface area (Å²) in [5.41, 5.74) is 5.41. The first kappa shape index (κ1) is 48.6. The molecular formula is C39H74N8O4S. The van der Waals surface area contributed by atoms with E-state index >= 15 is 0 Å². The van der Waals surface area contributed by atoms with Crippen LogP contribution in [0.3, 0.4) is 0 Å². The smallest absolute Gasteiger partial charge is 0.314 e. The molecule has 0 spiro atoms. The number of carbonyl (C=O) groups is 2. The second-order valence-electron chi connectivity index (χ2n) is 13.2. The van der Waals surface area contributed by atoms with Gasteiger partial charge in [0.05, 0.1) is 0 Å². The van der Waals surface area contributed by atoms with Crippen LogP contribution in [0, 0.1) is 4.84 Å². The van der Waals surface area contributed by atoms with E-state index in [4.69, 9.17) is 27.7 Å². The van der Waals surface area contributed by atoms with E-state index in [9.17, 15) is 9.59 Å². The number of aryl methyl sites for hydroxylation is 1. The van der Waals surface area contributed by atoms with Crippen molar-refractivity contribution in [1.29, 1.82) is 0 Å². The molecule has 0 radical (unpaired) electrons. The van der Waals surface area contributed by atoms with Gasteiger partial charge in [-0.1, -0.05) is 94.7 Å². The summed E-state index contributed by atoms with van der Waals surface area (Å²) < 4.78 is 4.90. The molecule has 0 saturated heterocycles. The molecule has 0 unspecified atom stereocenters. The zero-order valence-electron chi connectivity index (χ0n) is 32.7. The first-order chi connectivity index (χ1) is 25.4. The summed E-state index contributed by atoms with van der Waals surface area (Å²) in [6, 6.07) is -0.0775. The van der Waals surface area contributed by atoms with Gasteiger partial charge < -0.3 is 36.7 Å². The van der Waals surface area contributed by atoms with Gasteiger partial charge >= 0.3 is 16.9 Å². The monoisotopic (exact) mass is 751 g/mol. The minimum Gasteiger partial charge on any atom is -0.409 e. The molecule has 0 aromatic carbocycles. The van der Waals surface area contributed by atoms with Gasteiger partial charge in [0.2, 0.25) is 0 Å². The average Bonchev–Trinajstić information content (AvgIpc) is 3.57. The van der Waals surface area contributed by atoms with E-state index in [1.54, 1.807) is 0 Å². The summed E-state index contributed by atoms with van der Waals surface area (Å²) in [5, 5.41) is 25.7. The molecule has 8 N–H and O–H groups in total. The number of nitrogens with one attached hydrogen (secondary N) is 5. The predicted molar refractivity (Wildman–Crippen MR) is 217 cm³/mol. The van der Waals surface area contributed by atoms with Crippen LogP contribution in [0.15, 0.2) is 34.0 Å². The van der Waals surface area contributed by atoms with Crippen LogP contribution in [0.25, 0.3) is 0 Å². The Hall–Kier alpha value is -3.35. The second-order valence-corrected chi connectivity index (χ2v) is 13.6. The van der Waals surface area contributed by atoms with Crippen molar-refractivity contribution in [2.75, 3.05) is 26.2 Å². The molecule has 0 saturated carbocycles. The van der Waals surface area contributed by atoms with Gasteiger partial charge in [0, 0.05) is 39.0 Å². The molecule has 12 nitrogen and oxygen atoms in total. The van der Waals surface area contributed by atoms with E-state index in [1.807, 2.05) is 0 Å².